The van der Waals surface area contributed by atoms with Crippen LogP contribution in [-0.2, 0) is 6.42 Å². The molecule has 0 saturated heterocycles. The van der Waals surface area contributed by atoms with E-state index in [9.17, 15) is 4.79 Å². The molecule has 106 valence electrons. The Bertz CT molecular complexity index is 791. The van der Waals surface area contributed by atoms with E-state index in [-0.39, 0.29) is 5.91 Å². The van der Waals surface area contributed by atoms with Crippen molar-refractivity contribution in [2.24, 2.45) is 5.84 Å². The Labute approximate surface area is 121 Å². The molecule has 6 heteroatoms. The Morgan fingerprint density at radius 3 is 2.71 bits per heavy atom. The summed E-state index contributed by atoms with van der Waals surface area (Å²) in [7, 11) is 0. The topological polar surface area (TPSA) is 85.3 Å². The van der Waals surface area contributed by atoms with Crippen LogP contribution in [0.15, 0.2) is 42.6 Å². The number of nitrogen functional groups attached to an aromatic ring is 1. The highest BCUT2D eigenvalue weighted by Crippen LogP contribution is 2.13. The minimum Gasteiger partial charge on any atom is -0.290 e. The van der Waals surface area contributed by atoms with E-state index in [1.807, 2.05) is 17.5 Å². The molecule has 2 aromatic heterocycles. The van der Waals surface area contributed by atoms with E-state index in [1.54, 1.807) is 12.1 Å². The molecule has 3 aromatic rings. The second-order valence-corrected chi connectivity index (χ2v) is 4.87. The first-order chi connectivity index (χ1) is 10.2. The van der Waals surface area contributed by atoms with E-state index in [0.717, 1.165) is 11.4 Å². The lowest BCUT2D eigenvalue weighted by atomic mass is 10.1. The minimum absolute atomic E-state index is 0.380. The van der Waals surface area contributed by atoms with Crippen LogP contribution in [0.1, 0.15) is 27.3 Å². The van der Waals surface area contributed by atoms with Crippen LogP contribution in [0.2, 0.25) is 0 Å². The summed E-state index contributed by atoms with van der Waals surface area (Å²) in [5, 5.41) is 8.28. The van der Waals surface area contributed by atoms with Crippen LogP contribution in [-0.4, -0.2) is 20.5 Å². The Hall–Kier alpha value is -2.73. The zero-order chi connectivity index (χ0) is 14.8. The zero-order valence-electron chi connectivity index (χ0n) is 11.6. The Morgan fingerprint density at radius 2 is 2.00 bits per heavy atom. The highest BCUT2D eigenvalue weighted by Gasteiger charge is 2.14. The summed E-state index contributed by atoms with van der Waals surface area (Å²) in [5.41, 5.74) is 5.38. The summed E-state index contributed by atoms with van der Waals surface area (Å²) in [6.07, 6.45) is 2.49. The molecule has 0 spiro atoms. The number of nitrogens with two attached hydrogens (primary N) is 1. The summed E-state index contributed by atoms with van der Waals surface area (Å²) in [5.74, 6) is 5.58. The number of pyridine rings is 1. The van der Waals surface area contributed by atoms with Crippen molar-refractivity contribution in [3.8, 4) is 0 Å². The van der Waals surface area contributed by atoms with Gasteiger partial charge in [-0.3, -0.25) is 14.6 Å². The van der Waals surface area contributed by atoms with Gasteiger partial charge >= 0.3 is 0 Å². The van der Waals surface area contributed by atoms with Crippen molar-refractivity contribution in [2.45, 2.75) is 13.3 Å². The fraction of sp³-hybridized carbons (Fsp3) is 0.133. The average Bonchev–Trinajstić information content (AvgIpc) is 2.92. The maximum Gasteiger partial charge on any atom is 0.269 e. The quantitative estimate of drug-likeness (QED) is 0.429. The van der Waals surface area contributed by atoms with Gasteiger partial charge in [-0.1, -0.05) is 29.8 Å². The first kappa shape index (κ1) is 13.3. The van der Waals surface area contributed by atoms with Crippen LogP contribution in [0.3, 0.4) is 0 Å². The lowest BCUT2D eigenvalue weighted by molar-refractivity contribution is 0.0954. The first-order valence-corrected chi connectivity index (χ1v) is 6.58. The van der Waals surface area contributed by atoms with Crippen LogP contribution in [0.5, 0.6) is 0 Å². The summed E-state index contributed by atoms with van der Waals surface area (Å²) in [6.45, 7) is 2.05. The molecule has 3 rings (SSSR count). The second-order valence-electron chi connectivity index (χ2n) is 4.87. The number of aryl methyl sites for hydroxylation is 1. The van der Waals surface area contributed by atoms with Gasteiger partial charge in [-0.2, -0.15) is 0 Å². The Morgan fingerprint density at radius 1 is 1.24 bits per heavy atom. The number of carbonyl (C=O) groups excluding carboxylic acids is 1. The molecule has 0 bridgehead atoms. The van der Waals surface area contributed by atoms with Gasteiger partial charge in [0.05, 0.1) is 5.56 Å². The number of fused-ring (bicyclic) bond motifs is 1. The monoisotopic (exact) mass is 281 g/mol. The van der Waals surface area contributed by atoms with Crippen molar-refractivity contribution < 1.29 is 4.79 Å². The van der Waals surface area contributed by atoms with Gasteiger partial charge in [0, 0.05) is 12.6 Å². The number of aromatic nitrogens is 3. The van der Waals surface area contributed by atoms with Crippen molar-refractivity contribution in [1.29, 1.82) is 0 Å². The normalized spacial score (nSPS) is 10.8. The van der Waals surface area contributed by atoms with Gasteiger partial charge < -0.3 is 0 Å². The van der Waals surface area contributed by atoms with Crippen LogP contribution < -0.4 is 11.3 Å². The third-order valence-electron chi connectivity index (χ3n) is 3.36. The third-order valence-corrected chi connectivity index (χ3v) is 3.36. The molecule has 2 heterocycles. The molecule has 0 saturated carbocycles. The van der Waals surface area contributed by atoms with Gasteiger partial charge in [-0.25, -0.2) is 5.84 Å². The van der Waals surface area contributed by atoms with Gasteiger partial charge in [0.1, 0.15) is 5.82 Å². The molecule has 0 radical (unpaired) electrons. The predicted molar refractivity (Wildman–Crippen MR) is 78.6 cm³/mol. The molecule has 1 amide bonds. The molecule has 0 aliphatic carbocycles. The van der Waals surface area contributed by atoms with Crippen molar-refractivity contribution in [2.75, 3.05) is 0 Å². The molecule has 6 nitrogen and oxygen atoms in total. The van der Waals surface area contributed by atoms with Gasteiger partial charge in [0.2, 0.25) is 0 Å². The molecule has 1 aromatic carbocycles. The molecule has 21 heavy (non-hydrogen) atoms. The highest BCUT2D eigenvalue weighted by atomic mass is 16.2. The molecule has 3 N–H and O–H groups in total. The van der Waals surface area contributed by atoms with Crippen LogP contribution >= 0.6 is 0 Å². The SMILES string of the molecule is Cc1ccc(Cc2nnc3c(C(=O)NN)cccn23)cc1. The predicted octanol–water partition coefficient (Wildman–Crippen LogP) is 1.23. The number of carbonyl (C=O) groups is 1. The smallest absolute Gasteiger partial charge is 0.269 e. The van der Waals surface area contributed by atoms with Crippen molar-refractivity contribution in [1.82, 2.24) is 20.0 Å². The fourth-order valence-electron chi connectivity index (χ4n) is 2.23. The molecular weight excluding hydrogens is 266 g/mol. The fourth-order valence-corrected chi connectivity index (χ4v) is 2.23. The lowest BCUT2D eigenvalue weighted by Crippen LogP contribution is -2.30. The lowest BCUT2D eigenvalue weighted by Gasteiger charge is -2.03. The van der Waals surface area contributed by atoms with E-state index < -0.39 is 0 Å². The molecule has 0 fully saturated rings. The minimum atomic E-state index is -0.380. The van der Waals surface area contributed by atoms with E-state index in [4.69, 9.17) is 5.84 Å². The number of rotatable bonds is 3. The summed E-state index contributed by atoms with van der Waals surface area (Å²) >= 11 is 0. The number of nitrogens with zero attached hydrogens (tertiary/aromatic N) is 3. The van der Waals surface area contributed by atoms with Crippen LogP contribution in [0.4, 0.5) is 0 Å². The van der Waals surface area contributed by atoms with Crippen LogP contribution in [0.25, 0.3) is 5.65 Å². The Kier molecular flexibility index (Phi) is 3.37. The molecule has 0 aliphatic rings. The maximum atomic E-state index is 11.7. The number of nitrogens with one attached hydrogen (secondary N) is 1. The van der Waals surface area contributed by atoms with E-state index in [1.165, 1.54) is 5.56 Å². The summed E-state index contributed by atoms with van der Waals surface area (Å²) < 4.78 is 1.81. The van der Waals surface area contributed by atoms with E-state index in [0.29, 0.717) is 17.6 Å². The molecular formula is C15H15N5O. The van der Waals surface area contributed by atoms with Gasteiger partial charge in [0.15, 0.2) is 5.65 Å². The van der Waals surface area contributed by atoms with E-state index in [2.05, 4.69) is 39.9 Å². The number of benzene rings is 1. The molecule has 0 aliphatic heterocycles. The van der Waals surface area contributed by atoms with Gasteiger partial charge in [0.25, 0.3) is 5.91 Å². The van der Waals surface area contributed by atoms with Gasteiger partial charge in [-0.05, 0) is 24.6 Å². The summed E-state index contributed by atoms with van der Waals surface area (Å²) in [4.78, 5) is 11.7. The summed E-state index contributed by atoms with van der Waals surface area (Å²) in [6, 6.07) is 11.7. The number of hydrazine groups is 1. The third kappa shape index (κ3) is 2.48. The van der Waals surface area contributed by atoms with Crippen LogP contribution in [0, 0.1) is 6.92 Å². The van der Waals surface area contributed by atoms with Crippen molar-refractivity contribution >= 4 is 11.6 Å². The average molecular weight is 281 g/mol. The highest BCUT2D eigenvalue weighted by molar-refractivity contribution is 5.99. The first-order valence-electron chi connectivity index (χ1n) is 6.58. The molecule has 0 unspecified atom stereocenters. The van der Waals surface area contributed by atoms with Crippen molar-refractivity contribution in [3.63, 3.8) is 0 Å². The number of hydrogen-bond donors (Lipinski definition) is 2. The standard InChI is InChI=1S/C15H15N5O/c1-10-4-6-11(7-5-10)9-13-18-19-14-12(15(21)17-16)3-2-8-20(13)14/h2-8H,9,16H2,1H3,(H,17,21). The second kappa shape index (κ2) is 5.34. The van der Waals surface area contributed by atoms with Crippen molar-refractivity contribution in [3.05, 3.63) is 65.1 Å². The zero-order valence-corrected chi connectivity index (χ0v) is 11.6. The molecule has 0 atom stereocenters. The van der Waals surface area contributed by atoms with Gasteiger partial charge in [-0.15, -0.1) is 10.2 Å². The number of amides is 1. The number of hydrogen-bond acceptors (Lipinski definition) is 4. The maximum absolute atomic E-state index is 11.7. The largest absolute Gasteiger partial charge is 0.290 e. The van der Waals surface area contributed by atoms with E-state index >= 15 is 0 Å². The Balaban J connectivity index is 2.01.